The van der Waals surface area contributed by atoms with E-state index in [2.05, 4.69) is 10.6 Å². The molecule has 9 heteroatoms. The zero-order valence-corrected chi connectivity index (χ0v) is 10.2. The van der Waals surface area contributed by atoms with E-state index in [1.54, 1.807) is 4.90 Å². The van der Waals surface area contributed by atoms with Gasteiger partial charge in [-0.05, 0) is 0 Å². The van der Waals surface area contributed by atoms with Crippen molar-refractivity contribution in [3.63, 3.8) is 0 Å². The predicted octanol–water partition coefficient (Wildman–Crippen LogP) is -2.15. The van der Waals surface area contributed by atoms with Gasteiger partial charge in [0.2, 0.25) is 0 Å². The number of carboxylic acid groups (broad SMARTS) is 1. The normalized spacial score (nSPS) is 23.6. The predicted molar refractivity (Wildman–Crippen MR) is 62.5 cm³/mol. The van der Waals surface area contributed by atoms with Gasteiger partial charge in [-0.25, -0.2) is 14.4 Å². The number of aliphatic carboxylic acids is 1. The first-order chi connectivity index (χ1) is 8.99. The van der Waals surface area contributed by atoms with E-state index in [-0.39, 0.29) is 18.6 Å². The second-order valence-electron chi connectivity index (χ2n) is 4.52. The number of fused-ring (bicyclic) bond motifs is 1. The van der Waals surface area contributed by atoms with Crippen molar-refractivity contribution in [2.75, 3.05) is 32.7 Å². The first-order valence-electron chi connectivity index (χ1n) is 5.97. The van der Waals surface area contributed by atoms with Crippen molar-refractivity contribution in [2.45, 2.75) is 12.1 Å². The molecule has 2 unspecified atom stereocenters. The summed E-state index contributed by atoms with van der Waals surface area (Å²) in [7, 11) is 0. The Labute approximate surface area is 109 Å². The number of nitrogens with one attached hydrogen (secondary N) is 2. The number of hydrogen-bond donors (Lipinski definition) is 4. The molecule has 2 fully saturated rings. The number of carbonyl (C=O) groups excluding carboxylic acids is 2. The summed E-state index contributed by atoms with van der Waals surface area (Å²) < 4.78 is 0. The monoisotopic (exact) mass is 272 g/mol. The lowest BCUT2D eigenvalue weighted by molar-refractivity contribution is -0.146. The molecule has 2 aliphatic heterocycles. The Bertz CT molecular complexity index is 401. The van der Waals surface area contributed by atoms with Crippen molar-refractivity contribution in [1.29, 1.82) is 0 Å². The maximum Gasteiger partial charge on any atom is 0.334 e. The van der Waals surface area contributed by atoms with E-state index in [4.69, 9.17) is 10.2 Å². The zero-order chi connectivity index (χ0) is 14.0. The number of hydrogen-bond acceptors (Lipinski definition) is 4. The van der Waals surface area contributed by atoms with Crippen LogP contribution in [0.4, 0.5) is 9.59 Å². The molecule has 2 rings (SSSR count). The Kier molecular flexibility index (Phi) is 3.74. The third kappa shape index (κ3) is 2.87. The van der Waals surface area contributed by atoms with E-state index in [9.17, 15) is 14.4 Å². The number of rotatable bonds is 3. The lowest BCUT2D eigenvalue weighted by Crippen LogP contribution is -2.56. The largest absolute Gasteiger partial charge is 0.479 e. The molecule has 0 aromatic heterocycles. The van der Waals surface area contributed by atoms with Crippen LogP contribution in [-0.2, 0) is 4.79 Å². The van der Waals surface area contributed by atoms with E-state index >= 15 is 0 Å². The average Bonchev–Trinajstić information content (AvgIpc) is 2.76. The van der Waals surface area contributed by atoms with Gasteiger partial charge in [0.25, 0.3) is 0 Å². The number of carbonyl (C=O) groups is 3. The van der Waals surface area contributed by atoms with Gasteiger partial charge < -0.3 is 30.6 Å². The number of aliphatic hydroxyl groups is 1. The number of nitrogens with zero attached hydrogens (tertiary/aromatic N) is 2. The molecule has 4 N–H and O–H groups in total. The van der Waals surface area contributed by atoms with E-state index in [0.29, 0.717) is 26.2 Å². The Balaban J connectivity index is 1.81. The fourth-order valence-corrected chi connectivity index (χ4v) is 2.17. The molecular weight excluding hydrogens is 256 g/mol. The van der Waals surface area contributed by atoms with Crippen molar-refractivity contribution < 1.29 is 24.6 Å². The molecule has 0 aromatic rings. The number of aliphatic hydroxyl groups excluding tert-OH is 1. The van der Waals surface area contributed by atoms with Gasteiger partial charge in [0.05, 0.1) is 12.6 Å². The zero-order valence-electron chi connectivity index (χ0n) is 10.2. The summed E-state index contributed by atoms with van der Waals surface area (Å²) >= 11 is 0. The molecule has 9 nitrogen and oxygen atoms in total. The first-order valence-corrected chi connectivity index (χ1v) is 5.97. The Morgan fingerprint density at radius 3 is 2.89 bits per heavy atom. The third-order valence-corrected chi connectivity index (χ3v) is 3.25. The van der Waals surface area contributed by atoms with Gasteiger partial charge in [-0.1, -0.05) is 0 Å². The maximum atomic E-state index is 11.8. The molecule has 2 atom stereocenters. The highest BCUT2D eigenvalue weighted by Crippen LogP contribution is 2.13. The molecule has 4 amide bonds. The number of amides is 4. The van der Waals surface area contributed by atoms with Gasteiger partial charge in [0, 0.05) is 26.2 Å². The Morgan fingerprint density at radius 1 is 1.47 bits per heavy atom. The summed E-state index contributed by atoms with van der Waals surface area (Å²) in [6, 6.07) is -0.595. The van der Waals surface area contributed by atoms with Crippen LogP contribution in [0.3, 0.4) is 0 Å². The van der Waals surface area contributed by atoms with Crippen molar-refractivity contribution in [2.24, 2.45) is 0 Å². The van der Waals surface area contributed by atoms with Crippen LogP contribution in [0.5, 0.6) is 0 Å². The smallest absolute Gasteiger partial charge is 0.334 e. The van der Waals surface area contributed by atoms with E-state index < -0.39 is 18.1 Å². The van der Waals surface area contributed by atoms with Crippen LogP contribution in [0.15, 0.2) is 0 Å². The number of piperazine rings is 1. The third-order valence-electron chi connectivity index (χ3n) is 3.25. The lowest BCUT2D eigenvalue weighted by Gasteiger charge is -2.36. The van der Waals surface area contributed by atoms with Gasteiger partial charge in [-0.2, -0.15) is 0 Å². The summed E-state index contributed by atoms with van der Waals surface area (Å²) in [6.07, 6.45) is -1.61. The highest BCUT2D eigenvalue weighted by molar-refractivity contribution is 5.79. The van der Waals surface area contributed by atoms with Crippen LogP contribution in [0.1, 0.15) is 0 Å². The highest BCUT2D eigenvalue weighted by atomic mass is 16.4. The minimum Gasteiger partial charge on any atom is -0.479 e. The molecule has 0 saturated carbocycles. The fourth-order valence-electron chi connectivity index (χ4n) is 2.17. The molecule has 0 bridgehead atoms. The number of urea groups is 2. The SMILES string of the molecule is O=C(O)C(O)CNC(=O)N1CCN2C(=O)NCC2C1. The van der Waals surface area contributed by atoms with E-state index in [1.165, 1.54) is 4.90 Å². The summed E-state index contributed by atoms with van der Waals surface area (Å²) in [5.41, 5.74) is 0. The van der Waals surface area contributed by atoms with Crippen LogP contribution >= 0.6 is 0 Å². The van der Waals surface area contributed by atoms with Crippen molar-refractivity contribution in [3.05, 3.63) is 0 Å². The molecular formula is C10H16N4O5. The van der Waals surface area contributed by atoms with Crippen LogP contribution in [0, 0.1) is 0 Å². The van der Waals surface area contributed by atoms with E-state index in [1.807, 2.05) is 0 Å². The Hall–Kier alpha value is -2.03. The summed E-state index contributed by atoms with van der Waals surface area (Å²) in [6.45, 7) is 1.40. The van der Waals surface area contributed by atoms with Crippen LogP contribution in [0.25, 0.3) is 0 Å². The van der Waals surface area contributed by atoms with Crippen LogP contribution in [0.2, 0.25) is 0 Å². The van der Waals surface area contributed by atoms with E-state index in [0.717, 1.165) is 0 Å². The van der Waals surface area contributed by atoms with Gasteiger partial charge >= 0.3 is 18.0 Å². The molecule has 0 aliphatic carbocycles. The highest BCUT2D eigenvalue weighted by Gasteiger charge is 2.36. The van der Waals surface area contributed by atoms with Crippen LogP contribution in [-0.4, -0.2) is 82.9 Å². The molecule has 0 radical (unpaired) electrons. The molecule has 0 spiro atoms. The number of carboxylic acids is 1. The quantitative estimate of drug-likeness (QED) is 0.466. The molecule has 2 saturated heterocycles. The molecule has 106 valence electrons. The second kappa shape index (κ2) is 5.31. The van der Waals surface area contributed by atoms with Crippen molar-refractivity contribution >= 4 is 18.0 Å². The topological polar surface area (TPSA) is 122 Å². The van der Waals surface area contributed by atoms with Crippen molar-refractivity contribution in [3.8, 4) is 0 Å². The standard InChI is InChI=1S/C10H16N4O5/c15-7(8(16)17)4-12-9(18)13-1-2-14-6(5-13)3-11-10(14)19/h6-7,15H,1-5H2,(H,11,19)(H,12,18)(H,16,17). The fraction of sp³-hybridized carbons (Fsp3) is 0.700. The first kappa shape index (κ1) is 13.4. The Morgan fingerprint density at radius 2 is 2.21 bits per heavy atom. The van der Waals surface area contributed by atoms with Gasteiger partial charge in [-0.15, -0.1) is 0 Å². The summed E-state index contributed by atoms with van der Waals surface area (Å²) in [4.78, 5) is 36.7. The molecule has 2 aliphatic rings. The lowest BCUT2D eigenvalue weighted by atomic mass is 10.2. The van der Waals surface area contributed by atoms with Gasteiger partial charge in [-0.3, -0.25) is 0 Å². The summed E-state index contributed by atoms with van der Waals surface area (Å²) in [5, 5.41) is 22.6. The molecule has 19 heavy (non-hydrogen) atoms. The second-order valence-corrected chi connectivity index (χ2v) is 4.52. The maximum absolute atomic E-state index is 11.8. The van der Waals surface area contributed by atoms with Crippen LogP contribution < -0.4 is 10.6 Å². The van der Waals surface area contributed by atoms with Crippen molar-refractivity contribution in [1.82, 2.24) is 20.4 Å². The summed E-state index contributed by atoms with van der Waals surface area (Å²) in [5.74, 6) is -1.38. The van der Waals surface area contributed by atoms with Gasteiger partial charge in [0.15, 0.2) is 6.10 Å². The minimum atomic E-state index is -1.61. The minimum absolute atomic E-state index is 0.0450. The van der Waals surface area contributed by atoms with Gasteiger partial charge in [0.1, 0.15) is 0 Å². The average molecular weight is 272 g/mol. The molecule has 2 heterocycles. The molecule has 0 aromatic carbocycles.